The Hall–Kier alpha value is -1.82. The predicted octanol–water partition coefficient (Wildman–Crippen LogP) is 1.00. The molecule has 0 aromatic heterocycles. The van der Waals surface area contributed by atoms with Crippen molar-refractivity contribution in [2.75, 3.05) is 33.1 Å². The second-order valence-corrected chi connectivity index (χ2v) is 3.27. The molecule has 2 N–H and O–H groups in total. The fourth-order valence-electron chi connectivity index (χ4n) is 1.30. The van der Waals surface area contributed by atoms with Crippen LogP contribution in [0.1, 0.15) is 0 Å². The van der Waals surface area contributed by atoms with Crippen molar-refractivity contribution < 1.29 is 18.7 Å². The zero-order chi connectivity index (χ0) is 12.8. The summed E-state index contributed by atoms with van der Waals surface area (Å²) in [4.78, 5) is 11.3. The Kier molecular flexibility index (Phi) is 4.71. The van der Waals surface area contributed by atoms with Gasteiger partial charge in [0.1, 0.15) is 0 Å². The first-order chi connectivity index (χ1) is 8.12. The number of carbonyl (C=O) groups excluding carboxylic acids is 1. The molecule has 0 aliphatic carbocycles. The molecule has 0 saturated carbocycles. The highest BCUT2D eigenvalue weighted by Crippen LogP contribution is 2.32. The molecule has 17 heavy (non-hydrogen) atoms. The second-order valence-electron chi connectivity index (χ2n) is 3.27. The highest BCUT2D eigenvalue weighted by Gasteiger charge is 2.12. The number of methoxy groups -OCH3 is 2. The van der Waals surface area contributed by atoms with Crippen molar-refractivity contribution >= 4 is 11.6 Å². The molecule has 1 aromatic carbocycles. The summed E-state index contributed by atoms with van der Waals surface area (Å²) in [5.74, 6) is -0.281. The third kappa shape index (κ3) is 3.32. The number of rotatable bonds is 5. The number of ether oxygens (including phenoxy) is 2. The number of halogens is 1. The highest BCUT2D eigenvalue weighted by molar-refractivity contribution is 5.92. The van der Waals surface area contributed by atoms with Gasteiger partial charge in [0.15, 0.2) is 17.3 Å². The van der Waals surface area contributed by atoms with E-state index in [1.807, 2.05) is 0 Å². The molecule has 0 unspecified atom stereocenters. The Labute approximate surface area is 98.9 Å². The minimum absolute atomic E-state index is 0.0582. The number of nitrogens with one attached hydrogen (secondary N) is 2. The van der Waals surface area contributed by atoms with Crippen LogP contribution in [0, 0.1) is 5.82 Å². The first-order valence-electron chi connectivity index (χ1n) is 4.98. The number of anilines is 1. The van der Waals surface area contributed by atoms with Crippen LogP contribution in [0.2, 0.25) is 0 Å². The van der Waals surface area contributed by atoms with Gasteiger partial charge in [-0.15, -0.1) is 0 Å². The van der Waals surface area contributed by atoms with E-state index in [1.165, 1.54) is 20.3 Å². The van der Waals surface area contributed by atoms with Gasteiger partial charge < -0.3 is 20.1 Å². The van der Waals surface area contributed by atoms with E-state index in [0.717, 1.165) is 6.07 Å². The van der Waals surface area contributed by atoms with Crippen molar-refractivity contribution in [1.82, 2.24) is 5.32 Å². The Morgan fingerprint density at radius 1 is 1.29 bits per heavy atom. The number of carbonyl (C=O) groups is 1. The molecule has 1 aromatic rings. The zero-order valence-corrected chi connectivity index (χ0v) is 9.96. The molecule has 0 radical (unpaired) electrons. The van der Waals surface area contributed by atoms with Crippen LogP contribution in [0.4, 0.5) is 10.1 Å². The van der Waals surface area contributed by atoms with Gasteiger partial charge in [-0.25, -0.2) is 4.39 Å². The van der Waals surface area contributed by atoms with Crippen LogP contribution < -0.4 is 20.1 Å². The van der Waals surface area contributed by atoms with E-state index in [0.29, 0.717) is 5.75 Å². The lowest BCUT2D eigenvalue weighted by atomic mass is 10.2. The molecule has 0 aliphatic rings. The number of likely N-dealkylation sites (N-methyl/N-ethyl adjacent to an activating group) is 1. The second kappa shape index (κ2) is 6.05. The lowest BCUT2D eigenvalue weighted by Gasteiger charge is -2.11. The van der Waals surface area contributed by atoms with Crippen LogP contribution in [0.3, 0.4) is 0 Å². The number of hydrogen-bond acceptors (Lipinski definition) is 4. The third-order valence-electron chi connectivity index (χ3n) is 2.08. The molecule has 1 rings (SSSR count). The van der Waals surface area contributed by atoms with Crippen molar-refractivity contribution in [2.45, 2.75) is 0 Å². The fourth-order valence-corrected chi connectivity index (χ4v) is 1.30. The van der Waals surface area contributed by atoms with E-state index in [2.05, 4.69) is 10.6 Å². The van der Waals surface area contributed by atoms with Crippen molar-refractivity contribution in [3.63, 3.8) is 0 Å². The van der Waals surface area contributed by atoms with Gasteiger partial charge in [0, 0.05) is 12.1 Å². The Balaban J connectivity index is 2.96. The van der Waals surface area contributed by atoms with Gasteiger partial charge in [0.2, 0.25) is 5.91 Å². The van der Waals surface area contributed by atoms with Gasteiger partial charge >= 0.3 is 0 Å². The lowest BCUT2D eigenvalue weighted by molar-refractivity contribution is -0.115. The van der Waals surface area contributed by atoms with Gasteiger partial charge in [0.25, 0.3) is 0 Å². The van der Waals surface area contributed by atoms with Crippen molar-refractivity contribution in [2.24, 2.45) is 0 Å². The van der Waals surface area contributed by atoms with Crippen molar-refractivity contribution in [3.8, 4) is 11.5 Å². The summed E-state index contributed by atoms with van der Waals surface area (Å²) in [6, 6.07) is 2.54. The third-order valence-corrected chi connectivity index (χ3v) is 2.08. The summed E-state index contributed by atoms with van der Waals surface area (Å²) in [6.07, 6.45) is 0. The van der Waals surface area contributed by atoms with Gasteiger partial charge in [-0.1, -0.05) is 0 Å². The summed E-state index contributed by atoms with van der Waals surface area (Å²) in [6.45, 7) is 0.105. The number of hydrogen-bond donors (Lipinski definition) is 2. The molecule has 6 heteroatoms. The van der Waals surface area contributed by atoms with Crippen LogP contribution in [-0.2, 0) is 4.79 Å². The van der Waals surface area contributed by atoms with Crippen LogP contribution >= 0.6 is 0 Å². The first-order valence-corrected chi connectivity index (χ1v) is 4.98. The minimum Gasteiger partial charge on any atom is -0.493 e. The summed E-state index contributed by atoms with van der Waals surface area (Å²) in [7, 11) is 4.48. The van der Waals surface area contributed by atoms with Crippen molar-refractivity contribution in [1.29, 1.82) is 0 Å². The molecule has 0 spiro atoms. The molecule has 0 heterocycles. The van der Waals surface area contributed by atoms with Gasteiger partial charge in [0.05, 0.1) is 26.5 Å². The summed E-state index contributed by atoms with van der Waals surface area (Å²) in [5.41, 5.74) is 0.0582. The van der Waals surface area contributed by atoms with E-state index in [-0.39, 0.29) is 23.9 Å². The van der Waals surface area contributed by atoms with Crippen LogP contribution in [0.25, 0.3) is 0 Å². The fraction of sp³-hybridized carbons (Fsp3) is 0.364. The van der Waals surface area contributed by atoms with Gasteiger partial charge in [-0.05, 0) is 7.05 Å². The smallest absolute Gasteiger partial charge is 0.238 e. The molecular weight excluding hydrogens is 227 g/mol. The highest BCUT2D eigenvalue weighted by atomic mass is 19.1. The minimum atomic E-state index is -0.577. The zero-order valence-electron chi connectivity index (χ0n) is 9.96. The average molecular weight is 242 g/mol. The Bertz CT molecular complexity index is 410. The van der Waals surface area contributed by atoms with E-state index < -0.39 is 5.82 Å². The summed E-state index contributed by atoms with van der Waals surface area (Å²) in [5, 5.41) is 5.09. The molecule has 0 fully saturated rings. The first kappa shape index (κ1) is 13.2. The van der Waals surface area contributed by atoms with E-state index >= 15 is 0 Å². The largest absolute Gasteiger partial charge is 0.493 e. The number of amides is 1. The monoisotopic (exact) mass is 242 g/mol. The molecule has 0 atom stereocenters. The van der Waals surface area contributed by atoms with Crippen LogP contribution in [0.5, 0.6) is 11.5 Å². The topological polar surface area (TPSA) is 59.6 Å². The molecule has 0 aliphatic heterocycles. The summed E-state index contributed by atoms with van der Waals surface area (Å²) >= 11 is 0. The molecule has 1 amide bonds. The van der Waals surface area contributed by atoms with Gasteiger partial charge in [-0.2, -0.15) is 0 Å². The Morgan fingerprint density at radius 3 is 2.41 bits per heavy atom. The standard InChI is InChI=1S/C11H15FN2O3/c1-13-6-11(15)14-8-5-10(17-3)9(16-2)4-7(8)12/h4-5,13H,6H2,1-3H3,(H,14,15). The maximum absolute atomic E-state index is 13.6. The maximum atomic E-state index is 13.6. The molecule has 5 nitrogen and oxygen atoms in total. The van der Waals surface area contributed by atoms with E-state index in [9.17, 15) is 9.18 Å². The maximum Gasteiger partial charge on any atom is 0.238 e. The lowest BCUT2D eigenvalue weighted by Crippen LogP contribution is -2.25. The average Bonchev–Trinajstić information content (AvgIpc) is 2.31. The molecule has 0 bridgehead atoms. The SMILES string of the molecule is CNCC(=O)Nc1cc(OC)c(OC)cc1F. The normalized spacial score (nSPS) is 9.88. The van der Waals surface area contributed by atoms with Gasteiger partial charge in [-0.3, -0.25) is 4.79 Å². The summed E-state index contributed by atoms with van der Waals surface area (Å²) < 4.78 is 23.5. The molecule has 0 saturated heterocycles. The van der Waals surface area contributed by atoms with E-state index in [1.54, 1.807) is 7.05 Å². The van der Waals surface area contributed by atoms with Crippen LogP contribution in [-0.4, -0.2) is 33.7 Å². The number of benzene rings is 1. The molecular formula is C11H15FN2O3. The predicted molar refractivity (Wildman–Crippen MR) is 62.1 cm³/mol. The molecule has 94 valence electrons. The quantitative estimate of drug-likeness (QED) is 0.808. The van der Waals surface area contributed by atoms with Crippen molar-refractivity contribution in [3.05, 3.63) is 17.9 Å². The van der Waals surface area contributed by atoms with Crippen LogP contribution in [0.15, 0.2) is 12.1 Å². The Morgan fingerprint density at radius 2 is 1.88 bits per heavy atom. The van der Waals surface area contributed by atoms with E-state index in [4.69, 9.17) is 9.47 Å².